The summed E-state index contributed by atoms with van der Waals surface area (Å²) in [5.74, 6) is -1.80. The zero-order valence-electron chi connectivity index (χ0n) is 9.42. The molecular formula is C12H9FN2O3. The summed E-state index contributed by atoms with van der Waals surface area (Å²) in [5.41, 5.74) is -0.450. The lowest BCUT2D eigenvalue weighted by atomic mass is 10.2. The molecule has 0 amide bonds. The van der Waals surface area contributed by atoms with Crippen molar-refractivity contribution in [3.8, 4) is 5.69 Å². The van der Waals surface area contributed by atoms with Crippen LogP contribution in [0.5, 0.6) is 0 Å². The lowest BCUT2D eigenvalue weighted by Crippen LogP contribution is -2.23. The lowest BCUT2D eigenvalue weighted by molar-refractivity contribution is 0.0686. The van der Waals surface area contributed by atoms with Crippen molar-refractivity contribution in [3.05, 3.63) is 57.8 Å². The van der Waals surface area contributed by atoms with Gasteiger partial charge in [0, 0.05) is 11.8 Å². The number of carboxylic acid groups (broad SMARTS) is 1. The summed E-state index contributed by atoms with van der Waals surface area (Å²) in [7, 11) is 0. The molecule has 0 aliphatic carbocycles. The second-order valence-electron chi connectivity index (χ2n) is 3.72. The van der Waals surface area contributed by atoms with E-state index in [4.69, 9.17) is 5.11 Å². The van der Waals surface area contributed by atoms with Crippen LogP contribution in [0.25, 0.3) is 5.69 Å². The largest absolute Gasteiger partial charge is 0.476 e. The standard InChI is InChI=1S/C12H9FN2O3/c1-7-6-15(9-4-2-8(13)3-5-9)14-10(11(7)16)12(17)18/h2-6H,1H3,(H,17,18). The molecule has 0 saturated heterocycles. The minimum atomic E-state index is -1.39. The molecule has 0 spiro atoms. The molecule has 1 N–H and O–H groups in total. The molecular weight excluding hydrogens is 239 g/mol. The van der Waals surface area contributed by atoms with Crippen molar-refractivity contribution in [1.82, 2.24) is 9.78 Å². The Bertz CT molecular complexity index is 662. The molecule has 1 aromatic carbocycles. The van der Waals surface area contributed by atoms with Gasteiger partial charge in [-0.3, -0.25) is 4.79 Å². The van der Waals surface area contributed by atoms with Crippen LogP contribution in [-0.4, -0.2) is 20.9 Å². The van der Waals surface area contributed by atoms with E-state index >= 15 is 0 Å². The number of hydrogen-bond acceptors (Lipinski definition) is 3. The Hall–Kier alpha value is -2.50. The van der Waals surface area contributed by atoms with E-state index < -0.39 is 22.9 Å². The number of aryl methyl sites for hydroxylation is 1. The first-order valence-corrected chi connectivity index (χ1v) is 5.09. The molecule has 0 aliphatic heterocycles. The molecule has 0 unspecified atom stereocenters. The van der Waals surface area contributed by atoms with Gasteiger partial charge in [0.05, 0.1) is 5.69 Å². The van der Waals surface area contributed by atoms with Crippen molar-refractivity contribution in [3.63, 3.8) is 0 Å². The molecule has 1 aromatic heterocycles. The Morgan fingerprint density at radius 3 is 2.50 bits per heavy atom. The van der Waals surface area contributed by atoms with Gasteiger partial charge in [-0.15, -0.1) is 0 Å². The Balaban J connectivity index is 2.62. The summed E-state index contributed by atoms with van der Waals surface area (Å²) < 4.78 is 14.0. The van der Waals surface area contributed by atoms with Crippen molar-refractivity contribution in [2.75, 3.05) is 0 Å². The highest BCUT2D eigenvalue weighted by Gasteiger charge is 2.14. The van der Waals surface area contributed by atoms with Gasteiger partial charge in [-0.1, -0.05) is 0 Å². The summed E-state index contributed by atoms with van der Waals surface area (Å²) in [6, 6.07) is 5.34. The summed E-state index contributed by atoms with van der Waals surface area (Å²) >= 11 is 0. The molecule has 0 aliphatic rings. The van der Waals surface area contributed by atoms with Crippen molar-refractivity contribution < 1.29 is 14.3 Å². The van der Waals surface area contributed by atoms with E-state index in [2.05, 4.69) is 5.10 Å². The summed E-state index contributed by atoms with van der Waals surface area (Å²) in [5, 5.41) is 12.6. The zero-order valence-corrected chi connectivity index (χ0v) is 9.42. The molecule has 2 rings (SSSR count). The first-order valence-electron chi connectivity index (χ1n) is 5.09. The summed E-state index contributed by atoms with van der Waals surface area (Å²) in [6.45, 7) is 1.50. The smallest absolute Gasteiger partial charge is 0.360 e. The van der Waals surface area contributed by atoms with Gasteiger partial charge in [0.1, 0.15) is 5.82 Å². The minimum absolute atomic E-state index is 0.256. The van der Waals surface area contributed by atoms with Crippen LogP contribution in [0.2, 0.25) is 0 Å². The topological polar surface area (TPSA) is 72.2 Å². The Morgan fingerprint density at radius 2 is 1.94 bits per heavy atom. The van der Waals surface area contributed by atoms with Gasteiger partial charge in [-0.05, 0) is 31.2 Å². The van der Waals surface area contributed by atoms with Crippen LogP contribution < -0.4 is 5.43 Å². The number of carboxylic acids is 1. The first kappa shape index (κ1) is 12.0. The molecule has 6 heteroatoms. The van der Waals surface area contributed by atoms with E-state index in [1.165, 1.54) is 42.1 Å². The third kappa shape index (κ3) is 2.13. The van der Waals surface area contributed by atoms with Crippen LogP contribution >= 0.6 is 0 Å². The van der Waals surface area contributed by atoms with E-state index in [9.17, 15) is 14.0 Å². The third-order valence-corrected chi connectivity index (χ3v) is 2.39. The molecule has 1 heterocycles. The van der Waals surface area contributed by atoms with Crippen molar-refractivity contribution >= 4 is 5.97 Å². The molecule has 2 aromatic rings. The Morgan fingerprint density at radius 1 is 1.33 bits per heavy atom. The van der Waals surface area contributed by atoms with Gasteiger partial charge in [0.2, 0.25) is 11.1 Å². The van der Waals surface area contributed by atoms with Crippen LogP contribution in [-0.2, 0) is 0 Å². The van der Waals surface area contributed by atoms with Crippen LogP contribution in [0.4, 0.5) is 4.39 Å². The quantitative estimate of drug-likeness (QED) is 0.871. The number of rotatable bonds is 2. The molecule has 5 nitrogen and oxygen atoms in total. The number of hydrogen-bond donors (Lipinski definition) is 1. The van der Waals surface area contributed by atoms with Crippen LogP contribution in [0.1, 0.15) is 16.1 Å². The average Bonchev–Trinajstić information content (AvgIpc) is 2.33. The maximum Gasteiger partial charge on any atom is 0.360 e. The number of halogens is 1. The van der Waals surface area contributed by atoms with Gasteiger partial charge in [-0.25, -0.2) is 13.9 Å². The highest BCUT2D eigenvalue weighted by molar-refractivity contribution is 5.85. The van der Waals surface area contributed by atoms with Crippen LogP contribution in [0, 0.1) is 12.7 Å². The summed E-state index contributed by atoms with van der Waals surface area (Å²) in [6.07, 6.45) is 1.40. The number of nitrogens with zero attached hydrogens (tertiary/aromatic N) is 2. The SMILES string of the molecule is Cc1cn(-c2ccc(F)cc2)nc(C(=O)O)c1=O. The minimum Gasteiger partial charge on any atom is -0.476 e. The normalized spacial score (nSPS) is 10.3. The maximum atomic E-state index is 12.8. The molecule has 0 atom stereocenters. The lowest BCUT2D eigenvalue weighted by Gasteiger charge is -2.07. The van der Waals surface area contributed by atoms with E-state index in [1.807, 2.05) is 0 Å². The molecule has 0 bridgehead atoms. The van der Waals surface area contributed by atoms with Crippen molar-refractivity contribution in [2.24, 2.45) is 0 Å². The number of carbonyl (C=O) groups is 1. The van der Waals surface area contributed by atoms with E-state index in [1.54, 1.807) is 0 Å². The number of aromatic nitrogens is 2. The van der Waals surface area contributed by atoms with E-state index in [0.29, 0.717) is 5.69 Å². The van der Waals surface area contributed by atoms with E-state index in [0.717, 1.165) is 0 Å². The number of benzene rings is 1. The summed E-state index contributed by atoms with van der Waals surface area (Å²) in [4.78, 5) is 22.4. The molecule has 0 fully saturated rings. The Kier molecular flexibility index (Phi) is 2.93. The van der Waals surface area contributed by atoms with Crippen LogP contribution in [0.3, 0.4) is 0 Å². The average molecular weight is 248 g/mol. The van der Waals surface area contributed by atoms with Crippen LogP contribution in [0.15, 0.2) is 35.3 Å². The predicted octanol–water partition coefficient (Wildman–Crippen LogP) is 1.38. The molecule has 0 saturated carbocycles. The molecule has 18 heavy (non-hydrogen) atoms. The highest BCUT2D eigenvalue weighted by atomic mass is 19.1. The fraction of sp³-hybridized carbons (Fsp3) is 0.0833. The first-order chi connectivity index (χ1) is 8.49. The van der Waals surface area contributed by atoms with Gasteiger partial charge in [0.25, 0.3) is 0 Å². The number of aromatic carboxylic acids is 1. The molecule has 92 valence electrons. The highest BCUT2D eigenvalue weighted by Crippen LogP contribution is 2.08. The van der Waals surface area contributed by atoms with Gasteiger partial charge >= 0.3 is 5.97 Å². The predicted molar refractivity (Wildman–Crippen MR) is 61.5 cm³/mol. The molecule has 0 radical (unpaired) electrons. The Labute approximate surface area is 101 Å². The second kappa shape index (κ2) is 4.40. The van der Waals surface area contributed by atoms with Crippen molar-refractivity contribution in [1.29, 1.82) is 0 Å². The maximum absolute atomic E-state index is 12.8. The van der Waals surface area contributed by atoms with Gasteiger partial charge in [0.15, 0.2) is 0 Å². The van der Waals surface area contributed by atoms with Gasteiger partial charge < -0.3 is 5.11 Å². The van der Waals surface area contributed by atoms with Gasteiger partial charge in [-0.2, -0.15) is 5.10 Å². The third-order valence-electron chi connectivity index (χ3n) is 2.39. The second-order valence-corrected chi connectivity index (χ2v) is 3.72. The zero-order chi connectivity index (χ0) is 13.3. The van der Waals surface area contributed by atoms with Crippen molar-refractivity contribution in [2.45, 2.75) is 6.92 Å². The fourth-order valence-electron chi connectivity index (χ4n) is 1.48. The van der Waals surface area contributed by atoms with E-state index in [-0.39, 0.29) is 5.56 Å². The fourth-order valence-corrected chi connectivity index (χ4v) is 1.48. The monoisotopic (exact) mass is 248 g/mol.